The van der Waals surface area contributed by atoms with Gasteiger partial charge in [-0.3, -0.25) is 4.79 Å². The van der Waals surface area contributed by atoms with Crippen LogP contribution in [0.1, 0.15) is 25.3 Å². The van der Waals surface area contributed by atoms with Gasteiger partial charge in [-0.25, -0.2) is 4.79 Å². The summed E-state index contributed by atoms with van der Waals surface area (Å²) in [5.41, 5.74) is 1.23. The number of halogens is 1. The van der Waals surface area contributed by atoms with Gasteiger partial charge in [0, 0.05) is 30.0 Å². The number of carbonyl (C=O) groups is 2. The lowest BCUT2D eigenvalue weighted by Gasteiger charge is -2.23. The number of carboxylic acids is 1. The summed E-state index contributed by atoms with van der Waals surface area (Å²) in [4.78, 5) is 24.4. The SMILES string of the molecule is CC(CN(C)C(=O)NCC1(c2ccccc2Br)CC1)C(=O)O. The van der Waals surface area contributed by atoms with Crippen molar-refractivity contribution in [1.82, 2.24) is 10.2 Å². The minimum atomic E-state index is -0.897. The second kappa shape index (κ2) is 6.69. The summed E-state index contributed by atoms with van der Waals surface area (Å²) in [6.07, 6.45) is 2.09. The van der Waals surface area contributed by atoms with Gasteiger partial charge in [0.05, 0.1) is 5.92 Å². The Kier molecular flexibility index (Phi) is 5.11. The molecule has 6 heteroatoms. The molecule has 0 spiro atoms. The zero-order chi connectivity index (χ0) is 16.3. The van der Waals surface area contributed by atoms with Gasteiger partial charge in [-0.2, -0.15) is 0 Å². The molecular weight excluding hydrogens is 348 g/mol. The molecule has 2 amide bonds. The maximum atomic E-state index is 12.1. The molecule has 1 aromatic rings. The van der Waals surface area contributed by atoms with E-state index in [2.05, 4.69) is 27.3 Å². The monoisotopic (exact) mass is 368 g/mol. The molecule has 1 unspecified atom stereocenters. The number of hydrogen-bond donors (Lipinski definition) is 2. The Morgan fingerprint density at radius 2 is 2.05 bits per heavy atom. The molecule has 0 radical (unpaired) electrons. The standard InChI is InChI=1S/C16H21BrN2O3/c1-11(14(20)21)9-19(2)15(22)18-10-16(7-8-16)12-5-3-4-6-13(12)17/h3-6,11H,7-10H2,1-2H3,(H,18,22)(H,20,21). The van der Waals surface area contributed by atoms with Crippen molar-refractivity contribution < 1.29 is 14.7 Å². The number of nitrogens with zero attached hydrogens (tertiary/aromatic N) is 1. The van der Waals surface area contributed by atoms with Gasteiger partial charge in [-0.1, -0.05) is 41.1 Å². The smallest absolute Gasteiger partial charge is 0.317 e. The van der Waals surface area contributed by atoms with Gasteiger partial charge in [-0.05, 0) is 24.5 Å². The van der Waals surface area contributed by atoms with Crippen molar-refractivity contribution in [3.63, 3.8) is 0 Å². The van der Waals surface area contributed by atoms with Crippen molar-refractivity contribution in [2.75, 3.05) is 20.1 Å². The molecule has 120 valence electrons. The highest BCUT2D eigenvalue weighted by Gasteiger charge is 2.45. The molecule has 2 rings (SSSR count). The van der Waals surface area contributed by atoms with E-state index >= 15 is 0 Å². The van der Waals surface area contributed by atoms with Crippen LogP contribution >= 0.6 is 15.9 Å². The molecule has 1 saturated carbocycles. The van der Waals surface area contributed by atoms with Gasteiger partial charge in [0.2, 0.25) is 0 Å². The highest BCUT2D eigenvalue weighted by atomic mass is 79.9. The van der Waals surface area contributed by atoms with Crippen molar-refractivity contribution in [2.24, 2.45) is 5.92 Å². The van der Waals surface area contributed by atoms with Crippen LogP contribution in [0.25, 0.3) is 0 Å². The number of nitrogens with one attached hydrogen (secondary N) is 1. The van der Waals surface area contributed by atoms with Gasteiger partial charge in [0.1, 0.15) is 0 Å². The first-order valence-electron chi connectivity index (χ1n) is 7.32. The largest absolute Gasteiger partial charge is 0.481 e. The van der Waals surface area contributed by atoms with Gasteiger partial charge in [0.25, 0.3) is 0 Å². The summed E-state index contributed by atoms with van der Waals surface area (Å²) in [7, 11) is 1.62. The van der Waals surface area contributed by atoms with E-state index in [0.717, 1.165) is 17.3 Å². The average molecular weight is 369 g/mol. The van der Waals surface area contributed by atoms with Crippen molar-refractivity contribution in [3.8, 4) is 0 Å². The molecular formula is C16H21BrN2O3. The predicted octanol–water partition coefficient (Wildman–Crippen LogP) is 2.84. The molecule has 0 bridgehead atoms. The molecule has 5 nitrogen and oxygen atoms in total. The third-order valence-corrected chi connectivity index (χ3v) is 4.88. The van der Waals surface area contributed by atoms with Crippen LogP contribution in [0.15, 0.2) is 28.7 Å². The Bertz CT molecular complexity index is 572. The van der Waals surface area contributed by atoms with Gasteiger partial charge in [0.15, 0.2) is 0 Å². The lowest BCUT2D eigenvalue weighted by molar-refractivity contribution is -0.141. The molecule has 1 fully saturated rings. The zero-order valence-electron chi connectivity index (χ0n) is 12.8. The summed E-state index contributed by atoms with van der Waals surface area (Å²) < 4.78 is 1.06. The van der Waals surface area contributed by atoms with E-state index in [9.17, 15) is 9.59 Å². The summed E-state index contributed by atoms with van der Waals surface area (Å²) in [5.74, 6) is -1.47. The van der Waals surface area contributed by atoms with E-state index in [1.165, 1.54) is 10.5 Å². The number of benzene rings is 1. The average Bonchev–Trinajstić information content (AvgIpc) is 3.26. The molecule has 2 N–H and O–H groups in total. The highest BCUT2D eigenvalue weighted by molar-refractivity contribution is 9.10. The van der Waals surface area contributed by atoms with E-state index in [-0.39, 0.29) is 18.0 Å². The van der Waals surface area contributed by atoms with E-state index in [0.29, 0.717) is 6.54 Å². The van der Waals surface area contributed by atoms with Gasteiger partial charge in [-0.15, -0.1) is 0 Å². The van der Waals surface area contributed by atoms with Crippen LogP contribution in [0.4, 0.5) is 4.79 Å². The Hall–Kier alpha value is -1.56. The first kappa shape index (κ1) is 16.8. The lowest BCUT2D eigenvalue weighted by atomic mass is 9.96. The maximum absolute atomic E-state index is 12.1. The number of rotatable bonds is 6. The van der Waals surface area contributed by atoms with Crippen LogP contribution in [-0.2, 0) is 10.2 Å². The molecule has 0 aliphatic heterocycles. The third-order valence-electron chi connectivity index (χ3n) is 4.19. The van der Waals surface area contributed by atoms with E-state index in [1.807, 2.05) is 18.2 Å². The van der Waals surface area contributed by atoms with Crippen molar-refractivity contribution >= 4 is 27.9 Å². The number of carboxylic acid groups (broad SMARTS) is 1. The van der Waals surface area contributed by atoms with Crippen LogP contribution in [-0.4, -0.2) is 42.1 Å². The van der Waals surface area contributed by atoms with E-state index in [1.54, 1.807) is 14.0 Å². The van der Waals surface area contributed by atoms with Crippen LogP contribution < -0.4 is 5.32 Å². The minimum absolute atomic E-state index is 0.00894. The molecule has 0 heterocycles. The molecule has 1 aliphatic rings. The second-order valence-electron chi connectivity index (χ2n) is 6.04. The van der Waals surface area contributed by atoms with Crippen LogP contribution in [0.2, 0.25) is 0 Å². The van der Waals surface area contributed by atoms with Crippen LogP contribution in [0, 0.1) is 5.92 Å². The summed E-state index contributed by atoms with van der Waals surface area (Å²) in [6.45, 7) is 2.36. The topological polar surface area (TPSA) is 69.6 Å². The van der Waals surface area contributed by atoms with Gasteiger partial charge < -0.3 is 15.3 Å². The van der Waals surface area contributed by atoms with E-state index < -0.39 is 11.9 Å². The zero-order valence-corrected chi connectivity index (χ0v) is 14.4. The van der Waals surface area contributed by atoms with Crippen molar-refractivity contribution in [3.05, 3.63) is 34.3 Å². The Morgan fingerprint density at radius 3 is 2.59 bits per heavy atom. The lowest BCUT2D eigenvalue weighted by Crippen LogP contribution is -2.43. The number of hydrogen-bond acceptors (Lipinski definition) is 2. The fourth-order valence-electron chi connectivity index (χ4n) is 2.54. The Morgan fingerprint density at radius 1 is 1.41 bits per heavy atom. The van der Waals surface area contributed by atoms with Gasteiger partial charge >= 0.3 is 12.0 Å². The molecule has 1 atom stereocenters. The highest BCUT2D eigenvalue weighted by Crippen LogP contribution is 2.49. The molecule has 0 saturated heterocycles. The normalized spacial score (nSPS) is 16.7. The minimum Gasteiger partial charge on any atom is -0.481 e. The Balaban J connectivity index is 1.91. The molecule has 1 aliphatic carbocycles. The first-order chi connectivity index (χ1) is 10.4. The van der Waals surface area contributed by atoms with E-state index in [4.69, 9.17) is 5.11 Å². The number of carbonyl (C=O) groups excluding carboxylic acids is 1. The van der Waals surface area contributed by atoms with Crippen molar-refractivity contribution in [1.29, 1.82) is 0 Å². The fourth-order valence-corrected chi connectivity index (χ4v) is 3.24. The number of urea groups is 1. The predicted molar refractivity (Wildman–Crippen MR) is 87.9 cm³/mol. The first-order valence-corrected chi connectivity index (χ1v) is 8.12. The third kappa shape index (κ3) is 3.80. The number of amides is 2. The molecule has 22 heavy (non-hydrogen) atoms. The van der Waals surface area contributed by atoms with Crippen molar-refractivity contribution in [2.45, 2.75) is 25.2 Å². The van der Waals surface area contributed by atoms with Crippen LogP contribution in [0.5, 0.6) is 0 Å². The quantitative estimate of drug-likeness (QED) is 0.810. The molecule has 0 aromatic heterocycles. The van der Waals surface area contributed by atoms with Crippen LogP contribution in [0.3, 0.4) is 0 Å². The molecule has 1 aromatic carbocycles. The second-order valence-corrected chi connectivity index (χ2v) is 6.89. The Labute approximate surface area is 138 Å². The summed E-state index contributed by atoms with van der Waals surface area (Å²) >= 11 is 3.57. The maximum Gasteiger partial charge on any atom is 0.317 e. The summed E-state index contributed by atoms with van der Waals surface area (Å²) in [5, 5.41) is 11.8. The summed E-state index contributed by atoms with van der Waals surface area (Å²) in [6, 6.07) is 7.84. The fraction of sp³-hybridized carbons (Fsp3) is 0.500. The number of aliphatic carboxylic acids is 1.